The van der Waals surface area contributed by atoms with Crippen molar-refractivity contribution >= 4 is 0 Å². The van der Waals surface area contributed by atoms with Gasteiger partial charge >= 0.3 is 0 Å². The summed E-state index contributed by atoms with van der Waals surface area (Å²) in [5.41, 5.74) is 0.766. The fraction of sp³-hybridized carbons (Fsp3) is 0.786. The van der Waals surface area contributed by atoms with E-state index in [9.17, 15) is 5.11 Å². The first-order chi connectivity index (χ1) is 9.77. The zero-order valence-electron chi connectivity index (χ0n) is 12.7. The monoisotopic (exact) mass is 298 g/mol. The van der Waals surface area contributed by atoms with Crippen LogP contribution < -0.4 is 0 Å². The molecule has 3 heterocycles. The van der Waals surface area contributed by atoms with Gasteiger partial charge in [-0.1, -0.05) is 0 Å². The van der Waals surface area contributed by atoms with Crippen molar-refractivity contribution in [1.82, 2.24) is 10.2 Å². The van der Waals surface area contributed by atoms with Crippen LogP contribution in [-0.4, -0.2) is 51.8 Å². The zero-order chi connectivity index (χ0) is 15.3. The molecule has 7 heteroatoms. The van der Waals surface area contributed by atoms with Crippen molar-refractivity contribution in [2.75, 3.05) is 6.61 Å². The molecule has 2 saturated heterocycles. The third-order valence-electron chi connectivity index (χ3n) is 3.71. The molecule has 0 spiro atoms. The Labute approximate surface area is 123 Å². The summed E-state index contributed by atoms with van der Waals surface area (Å²) in [5.74, 6) is -1.47. The zero-order valence-corrected chi connectivity index (χ0v) is 12.7. The van der Waals surface area contributed by atoms with E-state index in [0.717, 1.165) is 5.69 Å². The average molecular weight is 298 g/mol. The van der Waals surface area contributed by atoms with Crippen LogP contribution >= 0.6 is 0 Å². The lowest BCUT2D eigenvalue weighted by Gasteiger charge is -2.26. The highest BCUT2D eigenvalue weighted by molar-refractivity contribution is 5.09. The molecule has 118 valence electrons. The maximum atomic E-state index is 10.6. The van der Waals surface area contributed by atoms with Gasteiger partial charge < -0.3 is 24.1 Å². The normalized spacial score (nSPS) is 36.0. The highest BCUT2D eigenvalue weighted by atomic mass is 16.8. The second kappa shape index (κ2) is 5.03. The molecule has 0 aliphatic carbocycles. The molecule has 2 aliphatic rings. The van der Waals surface area contributed by atoms with Crippen LogP contribution in [0.25, 0.3) is 0 Å². The van der Waals surface area contributed by atoms with Gasteiger partial charge in [0, 0.05) is 6.20 Å². The molecule has 0 aromatic carbocycles. The third kappa shape index (κ3) is 2.97. The first-order valence-electron chi connectivity index (χ1n) is 7.12. The minimum Gasteiger partial charge on any atom is -0.387 e. The Hall–Kier alpha value is -0.990. The first kappa shape index (κ1) is 14.9. The minimum atomic E-state index is -0.859. The molecule has 3 rings (SSSR count). The molecular weight excluding hydrogens is 276 g/mol. The Balaban J connectivity index is 1.79. The standard InChI is InChI=1S/C14H22N2O5/c1-13(2)18-7-9(19-13)10(17)12-11(8-5-6-15-16-8)20-14(3,4)21-12/h5-6,9-12,17H,7H2,1-4H3,(H,15,16)/t9-,10+,11+,12-/m1/s1. The number of hydrogen-bond donors (Lipinski definition) is 2. The van der Waals surface area contributed by atoms with E-state index in [1.54, 1.807) is 6.20 Å². The van der Waals surface area contributed by atoms with Crippen molar-refractivity contribution < 1.29 is 24.1 Å². The maximum absolute atomic E-state index is 10.6. The lowest BCUT2D eigenvalue weighted by atomic mass is 10.0. The number of aliphatic hydroxyl groups excluding tert-OH is 1. The molecule has 7 nitrogen and oxygen atoms in total. The number of aliphatic hydroxyl groups is 1. The molecule has 1 aromatic rings. The molecule has 0 saturated carbocycles. The van der Waals surface area contributed by atoms with E-state index in [4.69, 9.17) is 18.9 Å². The van der Waals surface area contributed by atoms with Crippen LogP contribution in [0, 0.1) is 0 Å². The molecule has 0 unspecified atom stereocenters. The number of hydrogen-bond acceptors (Lipinski definition) is 6. The number of nitrogens with one attached hydrogen (secondary N) is 1. The molecule has 2 aliphatic heterocycles. The highest BCUT2D eigenvalue weighted by Gasteiger charge is 2.50. The van der Waals surface area contributed by atoms with Gasteiger partial charge in [-0.25, -0.2) is 0 Å². The second-order valence-corrected chi connectivity index (χ2v) is 6.39. The van der Waals surface area contributed by atoms with E-state index >= 15 is 0 Å². The fourth-order valence-corrected chi connectivity index (χ4v) is 2.80. The molecule has 0 amide bonds. The summed E-state index contributed by atoms with van der Waals surface area (Å²) < 4.78 is 23.0. The fourth-order valence-electron chi connectivity index (χ4n) is 2.80. The Morgan fingerprint density at radius 3 is 2.57 bits per heavy atom. The number of aromatic amines is 1. The van der Waals surface area contributed by atoms with Gasteiger partial charge in [0.1, 0.15) is 24.4 Å². The van der Waals surface area contributed by atoms with Gasteiger partial charge in [0.05, 0.1) is 12.3 Å². The molecular formula is C14H22N2O5. The summed E-state index contributed by atoms with van der Waals surface area (Å²) in [6.07, 6.45) is -0.645. The van der Waals surface area contributed by atoms with E-state index in [-0.39, 0.29) is 0 Å². The Kier molecular flexibility index (Phi) is 3.58. The molecule has 2 N–H and O–H groups in total. The predicted octanol–water partition coefficient (Wildman–Crippen LogP) is 1.11. The van der Waals surface area contributed by atoms with Crippen LogP contribution in [0.2, 0.25) is 0 Å². The number of aromatic nitrogens is 2. The van der Waals surface area contributed by atoms with Crippen LogP contribution in [0.4, 0.5) is 0 Å². The van der Waals surface area contributed by atoms with E-state index in [1.165, 1.54) is 0 Å². The summed E-state index contributed by atoms with van der Waals surface area (Å²) in [7, 11) is 0. The van der Waals surface area contributed by atoms with Gasteiger partial charge in [0.2, 0.25) is 0 Å². The Bertz CT molecular complexity index is 488. The summed E-state index contributed by atoms with van der Waals surface area (Å²) in [6.45, 7) is 7.60. The lowest BCUT2D eigenvalue weighted by Crippen LogP contribution is -2.42. The maximum Gasteiger partial charge on any atom is 0.164 e. The summed E-state index contributed by atoms with van der Waals surface area (Å²) >= 11 is 0. The summed E-state index contributed by atoms with van der Waals surface area (Å²) in [4.78, 5) is 0. The van der Waals surface area contributed by atoms with Crippen molar-refractivity contribution in [1.29, 1.82) is 0 Å². The van der Waals surface area contributed by atoms with Gasteiger partial charge in [0.15, 0.2) is 11.6 Å². The largest absolute Gasteiger partial charge is 0.387 e. The van der Waals surface area contributed by atoms with Crippen LogP contribution in [-0.2, 0) is 18.9 Å². The number of nitrogens with zero attached hydrogens (tertiary/aromatic N) is 1. The molecule has 0 radical (unpaired) electrons. The number of ether oxygens (including phenoxy) is 4. The molecule has 4 atom stereocenters. The number of rotatable bonds is 3. The quantitative estimate of drug-likeness (QED) is 0.869. The first-order valence-corrected chi connectivity index (χ1v) is 7.12. The minimum absolute atomic E-state index is 0.324. The van der Waals surface area contributed by atoms with Crippen molar-refractivity contribution in [3.63, 3.8) is 0 Å². The second-order valence-electron chi connectivity index (χ2n) is 6.39. The topological polar surface area (TPSA) is 85.8 Å². The van der Waals surface area contributed by atoms with Crippen LogP contribution in [0.5, 0.6) is 0 Å². The van der Waals surface area contributed by atoms with Crippen molar-refractivity contribution in [2.24, 2.45) is 0 Å². The average Bonchev–Trinajstić information content (AvgIpc) is 3.06. The van der Waals surface area contributed by atoms with Crippen molar-refractivity contribution in [2.45, 2.75) is 63.7 Å². The van der Waals surface area contributed by atoms with Gasteiger partial charge in [-0.15, -0.1) is 0 Å². The van der Waals surface area contributed by atoms with E-state index < -0.39 is 36.0 Å². The summed E-state index contributed by atoms with van der Waals surface area (Å²) in [6, 6.07) is 1.81. The van der Waals surface area contributed by atoms with Gasteiger partial charge in [-0.2, -0.15) is 5.10 Å². The third-order valence-corrected chi connectivity index (χ3v) is 3.71. The Morgan fingerprint density at radius 1 is 1.24 bits per heavy atom. The smallest absolute Gasteiger partial charge is 0.164 e. The number of H-pyrrole nitrogens is 1. The van der Waals surface area contributed by atoms with Crippen molar-refractivity contribution in [3.8, 4) is 0 Å². The molecule has 2 fully saturated rings. The highest BCUT2D eigenvalue weighted by Crippen LogP contribution is 2.40. The molecule has 1 aromatic heterocycles. The lowest BCUT2D eigenvalue weighted by molar-refractivity contribution is -0.178. The van der Waals surface area contributed by atoms with E-state index in [1.807, 2.05) is 33.8 Å². The van der Waals surface area contributed by atoms with Crippen LogP contribution in [0.15, 0.2) is 12.3 Å². The summed E-state index contributed by atoms with van der Waals surface area (Å²) in [5, 5.41) is 17.4. The van der Waals surface area contributed by atoms with Crippen LogP contribution in [0.3, 0.4) is 0 Å². The van der Waals surface area contributed by atoms with Crippen molar-refractivity contribution in [3.05, 3.63) is 18.0 Å². The molecule has 0 bridgehead atoms. The van der Waals surface area contributed by atoms with Gasteiger partial charge in [0.25, 0.3) is 0 Å². The Morgan fingerprint density at radius 2 is 2.00 bits per heavy atom. The van der Waals surface area contributed by atoms with Crippen LogP contribution in [0.1, 0.15) is 39.5 Å². The van der Waals surface area contributed by atoms with Gasteiger partial charge in [-0.3, -0.25) is 5.10 Å². The predicted molar refractivity (Wildman–Crippen MR) is 72.3 cm³/mol. The van der Waals surface area contributed by atoms with E-state index in [0.29, 0.717) is 6.61 Å². The van der Waals surface area contributed by atoms with Gasteiger partial charge in [-0.05, 0) is 33.8 Å². The SMILES string of the molecule is CC1(C)OC[C@H]([C@H](O)[C@H]2OC(C)(C)O[C@H]2c2ccn[nH]2)O1. The van der Waals surface area contributed by atoms with E-state index in [2.05, 4.69) is 10.2 Å². The molecule has 21 heavy (non-hydrogen) atoms.